The Morgan fingerprint density at radius 2 is 1.33 bits per heavy atom. The van der Waals surface area contributed by atoms with Crippen molar-refractivity contribution in [2.75, 3.05) is 0 Å². The van der Waals surface area contributed by atoms with Gasteiger partial charge in [-0.3, -0.25) is 4.46 Å². The third kappa shape index (κ3) is 36.4. The summed E-state index contributed by atoms with van der Waals surface area (Å²) >= 11 is 0. The molecule has 31 valence electrons. The average Bonchev–Trinajstić information content (AvgIpc) is 0.811. The quantitative estimate of drug-likeness (QED) is 0.472. The second-order valence-electron chi connectivity index (χ2n) is 0.283. The van der Waals surface area contributed by atoms with Gasteiger partial charge >= 0.3 is 46.9 Å². The normalized spacial score (nSPS) is 4.00. The van der Waals surface area contributed by atoms with Crippen LogP contribution in [-0.2, 0) is 4.46 Å². The molecule has 1 radical (unpaired) electrons. The molecule has 0 amide bonds. The van der Waals surface area contributed by atoms with E-state index in [1.54, 1.807) is 0 Å². The Morgan fingerprint density at radius 1 is 1.33 bits per heavy atom. The Balaban J connectivity index is -0.0000000450. The molecule has 0 aromatic heterocycles. The smallest absolute Gasteiger partial charge is 0 e. The molecule has 0 spiro atoms. The SMILES string of the molecule is O=[Si](O)O.[CaH2].[La]. The molecule has 6 heteroatoms. The van der Waals surface area contributed by atoms with Crippen LogP contribution in [0.3, 0.4) is 0 Å². The predicted molar refractivity (Wildman–Crippen MR) is 19.4 cm³/mol. The molecule has 0 aliphatic rings. The Hall–Kier alpha value is 2.07. The first-order valence-electron chi connectivity index (χ1n) is 0.651. The third-order valence-electron chi connectivity index (χ3n) is 0. The van der Waals surface area contributed by atoms with E-state index in [1.807, 2.05) is 0 Å². The van der Waals surface area contributed by atoms with Gasteiger partial charge in [0.05, 0.1) is 0 Å². The molecule has 0 rings (SSSR count). The Morgan fingerprint density at radius 3 is 1.33 bits per heavy atom. The van der Waals surface area contributed by atoms with E-state index in [9.17, 15) is 0 Å². The minimum Gasteiger partial charge on any atom is 0 e. The van der Waals surface area contributed by atoms with Gasteiger partial charge in [0.2, 0.25) is 0 Å². The molecule has 0 aromatic carbocycles. The molecule has 0 aromatic rings. The van der Waals surface area contributed by atoms with Gasteiger partial charge in [0, 0.05) is 35.6 Å². The van der Waals surface area contributed by atoms with Crippen LogP contribution in [0.2, 0.25) is 0 Å². The minimum atomic E-state index is -3.13. The van der Waals surface area contributed by atoms with Crippen LogP contribution in [0.4, 0.5) is 0 Å². The van der Waals surface area contributed by atoms with E-state index in [1.165, 1.54) is 0 Å². The zero-order chi connectivity index (χ0) is 3.58. The second-order valence-corrected chi connectivity index (χ2v) is 0.848. The standard InChI is InChI=1S/Ca.La.H2O3Si.2H/c;;1-4(2)3;;/h;;1-2H;;. The molecule has 0 atom stereocenters. The summed E-state index contributed by atoms with van der Waals surface area (Å²) in [5, 5.41) is 0. The van der Waals surface area contributed by atoms with E-state index < -0.39 is 9.17 Å². The van der Waals surface area contributed by atoms with Crippen LogP contribution >= 0.6 is 0 Å². The number of rotatable bonds is 0. The van der Waals surface area contributed by atoms with Gasteiger partial charge in [0.1, 0.15) is 0 Å². The molecule has 0 fully saturated rings. The van der Waals surface area contributed by atoms with Gasteiger partial charge in [0.25, 0.3) is 0 Å². The first kappa shape index (κ1) is 15.7. The number of hydrogen-bond acceptors (Lipinski definition) is 1. The van der Waals surface area contributed by atoms with Crippen molar-refractivity contribution < 1.29 is 49.7 Å². The summed E-state index contributed by atoms with van der Waals surface area (Å²) in [7, 11) is -3.13. The van der Waals surface area contributed by atoms with Crippen LogP contribution in [0.15, 0.2) is 0 Å². The van der Waals surface area contributed by atoms with E-state index in [-0.39, 0.29) is 73.3 Å². The summed E-state index contributed by atoms with van der Waals surface area (Å²) in [5.74, 6) is 0. The summed E-state index contributed by atoms with van der Waals surface area (Å²) in [6, 6.07) is 0. The second kappa shape index (κ2) is 10.1. The first-order valence-corrected chi connectivity index (χ1v) is 1.95. The van der Waals surface area contributed by atoms with E-state index in [2.05, 4.69) is 0 Å². The summed E-state index contributed by atoms with van der Waals surface area (Å²) in [4.78, 5) is 14.3. The summed E-state index contributed by atoms with van der Waals surface area (Å²) in [5.41, 5.74) is 0. The minimum absolute atomic E-state index is 0. The van der Waals surface area contributed by atoms with Gasteiger partial charge in [-0.25, -0.2) is 0 Å². The van der Waals surface area contributed by atoms with Crippen LogP contribution in [0.25, 0.3) is 0 Å². The maximum atomic E-state index is 8.74. The molecule has 0 unspecified atom stereocenters. The largest absolute Gasteiger partial charge is 0 e. The molecular weight excluding hydrogens is 255 g/mol. The van der Waals surface area contributed by atoms with Crippen LogP contribution in [-0.4, -0.2) is 56.5 Å². The molecule has 0 bridgehead atoms. The van der Waals surface area contributed by atoms with Crippen molar-refractivity contribution in [3.63, 3.8) is 0 Å². The molecule has 6 heavy (non-hydrogen) atoms. The molecule has 3 nitrogen and oxygen atoms in total. The van der Waals surface area contributed by atoms with Crippen molar-refractivity contribution in [2.24, 2.45) is 0 Å². The van der Waals surface area contributed by atoms with Gasteiger partial charge in [0.15, 0.2) is 0 Å². The predicted octanol–water partition coefficient (Wildman–Crippen LogP) is -2.53. The Labute approximate surface area is 94.6 Å². The van der Waals surface area contributed by atoms with Crippen molar-refractivity contribution >= 4 is 46.9 Å². The Kier molecular flexibility index (Phi) is 26.5. The van der Waals surface area contributed by atoms with Crippen LogP contribution in [0, 0.1) is 35.6 Å². The monoisotopic (exact) mass is 259 g/mol. The number of hydrogen-bond donors (Lipinski definition) is 2. The van der Waals surface area contributed by atoms with Gasteiger partial charge < -0.3 is 9.59 Å². The summed E-state index contributed by atoms with van der Waals surface area (Å²) in [6.07, 6.45) is 0. The van der Waals surface area contributed by atoms with E-state index >= 15 is 0 Å². The maximum absolute atomic E-state index is 8.74. The van der Waals surface area contributed by atoms with Crippen molar-refractivity contribution in [3.8, 4) is 0 Å². The van der Waals surface area contributed by atoms with Gasteiger partial charge in [-0.2, -0.15) is 0 Å². The molecule has 0 saturated carbocycles. The van der Waals surface area contributed by atoms with Gasteiger partial charge in [-0.05, 0) is 0 Å². The topological polar surface area (TPSA) is 57.5 Å². The van der Waals surface area contributed by atoms with Crippen molar-refractivity contribution in [2.45, 2.75) is 0 Å². The molecule has 0 saturated heterocycles. The van der Waals surface area contributed by atoms with E-state index in [0.29, 0.717) is 0 Å². The average molecular weight is 259 g/mol. The third-order valence-corrected chi connectivity index (χ3v) is 0. The molecule has 2 N–H and O–H groups in total. The fourth-order valence-electron chi connectivity index (χ4n) is 0. The Bertz CT molecular complexity index is 33.8. The molecule has 0 aliphatic heterocycles. The maximum Gasteiger partial charge on any atom is 0 e. The van der Waals surface area contributed by atoms with E-state index in [4.69, 9.17) is 14.1 Å². The van der Waals surface area contributed by atoms with Crippen molar-refractivity contribution in [1.82, 2.24) is 0 Å². The fraction of sp³-hybridized carbons (Fsp3) is 0. The zero-order valence-corrected chi connectivity index (χ0v) is 7.01. The zero-order valence-electron chi connectivity index (χ0n) is 2.38. The van der Waals surface area contributed by atoms with Crippen LogP contribution < -0.4 is 0 Å². The van der Waals surface area contributed by atoms with Crippen molar-refractivity contribution in [1.29, 1.82) is 0 Å². The molecule has 0 aliphatic carbocycles. The fourth-order valence-corrected chi connectivity index (χ4v) is 0. The summed E-state index contributed by atoms with van der Waals surface area (Å²) in [6.45, 7) is 0. The van der Waals surface area contributed by atoms with Crippen LogP contribution in [0.5, 0.6) is 0 Å². The molecular formula is H4CaLaO3Si. The van der Waals surface area contributed by atoms with Crippen molar-refractivity contribution in [3.05, 3.63) is 0 Å². The summed E-state index contributed by atoms with van der Waals surface area (Å²) < 4.78 is 8.74. The van der Waals surface area contributed by atoms with E-state index in [0.717, 1.165) is 0 Å². The molecule has 0 heterocycles. The van der Waals surface area contributed by atoms with Crippen LogP contribution in [0.1, 0.15) is 0 Å². The van der Waals surface area contributed by atoms with Gasteiger partial charge in [-0.1, -0.05) is 0 Å². The first-order chi connectivity index (χ1) is 1.73. The van der Waals surface area contributed by atoms with Gasteiger partial charge in [-0.15, -0.1) is 0 Å².